The van der Waals surface area contributed by atoms with Crippen LogP contribution in [-0.4, -0.2) is 21.8 Å². The Balaban J connectivity index is 1.95. The van der Waals surface area contributed by atoms with E-state index < -0.39 is 10.9 Å². The Hall–Kier alpha value is -2.34. The highest BCUT2D eigenvalue weighted by atomic mass is 32.2. The summed E-state index contributed by atoms with van der Waals surface area (Å²) in [5.41, 5.74) is 1.36. The maximum absolute atomic E-state index is 11.1. The van der Waals surface area contributed by atoms with Gasteiger partial charge in [0.1, 0.15) is 0 Å². The zero-order valence-corrected chi connectivity index (χ0v) is 11.9. The van der Waals surface area contributed by atoms with Crippen LogP contribution in [0.4, 0.5) is 5.69 Å². The van der Waals surface area contributed by atoms with Crippen LogP contribution < -0.4 is 0 Å². The van der Waals surface area contributed by atoms with Gasteiger partial charge in [0.05, 0.1) is 10.5 Å². The molecular formula is C15H13NO4S. The van der Waals surface area contributed by atoms with Crippen molar-refractivity contribution in [3.63, 3.8) is 0 Å². The lowest BCUT2D eigenvalue weighted by Crippen LogP contribution is -1.99. The lowest BCUT2D eigenvalue weighted by molar-refractivity contribution is -0.384. The molecule has 0 radical (unpaired) electrons. The molecule has 0 aliphatic heterocycles. The van der Waals surface area contributed by atoms with Gasteiger partial charge in [0.2, 0.25) is 0 Å². The van der Waals surface area contributed by atoms with Crippen LogP contribution >= 0.6 is 11.8 Å². The average Bonchev–Trinajstić information content (AvgIpc) is 2.48. The first-order valence-electron chi connectivity index (χ1n) is 6.26. The molecule has 2 aromatic rings. The predicted molar refractivity (Wildman–Crippen MR) is 80.9 cm³/mol. The van der Waals surface area contributed by atoms with E-state index in [1.165, 1.54) is 23.9 Å². The first kappa shape index (κ1) is 15.1. The molecule has 0 aliphatic rings. The van der Waals surface area contributed by atoms with Crippen molar-refractivity contribution in [3.8, 4) is 0 Å². The first-order valence-corrected chi connectivity index (χ1v) is 7.25. The second-order valence-corrected chi connectivity index (χ2v) is 5.46. The van der Waals surface area contributed by atoms with Crippen LogP contribution in [0, 0.1) is 10.1 Å². The summed E-state index contributed by atoms with van der Waals surface area (Å²) in [4.78, 5) is 21.9. The molecule has 108 valence electrons. The van der Waals surface area contributed by atoms with Crippen molar-refractivity contribution in [1.29, 1.82) is 0 Å². The summed E-state index contributed by atoms with van der Waals surface area (Å²) in [6.07, 6.45) is 0.719. The Morgan fingerprint density at radius 2 is 1.81 bits per heavy atom. The number of nitro benzene ring substituents is 1. The number of rotatable bonds is 6. The minimum absolute atomic E-state index is 0.0719. The molecule has 0 aromatic heterocycles. The number of aryl methyl sites for hydroxylation is 1. The number of nitro groups is 1. The zero-order chi connectivity index (χ0) is 15.2. The summed E-state index contributed by atoms with van der Waals surface area (Å²) in [6.45, 7) is 0. The molecule has 0 spiro atoms. The molecule has 2 aromatic carbocycles. The number of aromatic carboxylic acids is 1. The van der Waals surface area contributed by atoms with Gasteiger partial charge < -0.3 is 5.11 Å². The number of carboxylic acid groups (broad SMARTS) is 1. The van der Waals surface area contributed by atoms with Crippen LogP contribution in [0.2, 0.25) is 0 Å². The number of carbonyl (C=O) groups is 1. The molecule has 0 saturated carbocycles. The lowest BCUT2D eigenvalue weighted by atomic mass is 10.1. The summed E-state index contributed by atoms with van der Waals surface area (Å²) in [5, 5.41) is 19.6. The molecule has 21 heavy (non-hydrogen) atoms. The Bertz CT molecular complexity index is 655. The van der Waals surface area contributed by atoms with E-state index in [1.807, 2.05) is 0 Å². The fourth-order valence-electron chi connectivity index (χ4n) is 1.83. The fourth-order valence-corrected chi connectivity index (χ4v) is 2.88. The Kier molecular flexibility index (Phi) is 4.94. The molecule has 0 fully saturated rings. The maximum atomic E-state index is 11.1. The van der Waals surface area contributed by atoms with Crippen molar-refractivity contribution in [2.75, 3.05) is 5.75 Å². The van der Waals surface area contributed by atoms with Gasteiger partial charge in [-0.05, 0) is 24.1 Å². The van der Waals surface area contributed by atoms with Crippen molar-refractivity contribution in [2.45, 2.75) is 11.3 Å². The standard InChI is InChI=1S/C15H13NO4S/c17-15(18)13-3-1-2-4-14(13)21-10-9-11-5-7-12(8-6-11)16(19)20/h1-8H,9-10H2,(H,17,18). The molecule has 0 unspecified atom stereocenters. The number of non-ortho nitro benzene ring substituents is 1. The second kappa shape index (κ2) is 6.90. The normalized spacial score (nSPS) is 10.3. The van der Waals surface area contributed by atoms with Gasteiger partial charge in [0.15, 0.2) is 0 Å². The molecule has 0 bridgehead atoms. The van der Waals surface area contributed by atoms with Crippen LogP contribution in [0.25, 0.3) is 0 Å². The summed E-state index contributed by atoms with van der Waals surface area (Å²) in [7, 11) is 0. The van der Waals surface area contributed by atoms with Crippen molar-refractivity contribution >= 4 is 23.4 Å². The Morgan fingerprint density at radius 3 is 2.43 bits per heavy atom. The van der Waals surface area contributed by atoms with Crippen LogP contribution in [0.5, 0.6) is 0 Å². The zero-order valence-electron chi connectivity index (χ0n) is 11.1. The second-order valence-electron chi connectivity index (χ2n) is 4.32. The summed E-state index contributed by atoms with van der Waals surface area (Å²) in [5.74, 6) is -0.226. The number of thioether (sulfide) groups is 1. The highest BCUT2D eigenvalue weighted by molar-refractivity contribution is 7.99. The minimum Gasteiger partial charge on any atom is -0.478 e. The van der Waals surface area contributed by atoms with E-state index in [0.29, 0.717) is 11.3 Å². The number of nitrogens with zero attached hydrogens (tertiary/aromatic N) is 1. The van der Waals surface area contributed by atoms with E-state index in [9.17, 15) is 14.9 Å². The third-order valence-electron chi connectivity index (χ3n) is 2.91. The van der Waals surface area contributed by atoms with Gasteiger partial charge in [0, 0.05) is 22.8 Å². The number of carboxylic acids is 1. The van der Waals surface area contributed by atoms with Crippen LogP contribution in [0.15, 0.2) is 53.4 Å². The van der Waals surface area contributed by atoms with Gasteiger partial charge in [-0.2, -0.15) is 0 Å². The Labute approximate surface area is 125 Å². The van der Waals surface area contributed by atoms with Gasteiger partial charge in [-0.1, -0.05) is 24.3 Å². The largest absolute Gasteiger partial charge is 0.478 e. The molecule has 0 aliphatic carbocycles. The van der Waals surface area contributed by atoms with Gasteiger partial charge in [-0.3, -0.25) is 10.1 Å². The quantitative estimate of drug-likeness (QED) is 0.500. The van der Waals surface area contributed by atoms with Crippen molar-refractivity contribution in [1.82, 2.24) is 0 Å². The van der Waals surface area contributed by atoms with Crippen molar-refractivity contribution in [3.05, 3.63) is 69.8 Å². The summed E-state index contributed by atoms with van der Waals surface area (Å²) >= 11 is 1.47. The highest BCUT2D eigenvalue weighted by Crippen LogP contribution is 2.24. The van der Waals surface area contributed by atoms with Crippen LogP contribution in [-0.2, 0) is 6.42 Å². The molecular weight excluding hydrogens is 290 g/mol. The van der Waals surface area contributed by atoms with Crippen LogP contribution in [0.1, 0.15) is 15.9 Å². The molecule has 0 heterocycles. The Morgan fingerprint density at radius 1 is 1.14 bits per heavy atom. The maximum Gasteiger partial charge on any atom is 0.336 e. The van der Waals surface area contributed by atoms with E-state index in [-0.39, 0.29) is 5.69 Å². The molecule has 1 N–H and O–H groups in total. The van der Waals surface area contributed by atoms with Crippen LogP contribution in [0.3, 0.4) is 0 Å². The highest BCUT2D eigenvalue weighted by Gasteiger charge is 2.09. The number of hydrogen-bond acceptors (Lipinski definition) is 4. The molecule has 0 amide bonds. The smallest absolute Gasteiger partial charge is 0.336 e. The molecule has 0 saturated heterocycles. The third kappa shape index (κ3) is 4.06. The van der Waals surface area contributed by atoms with Crippen molar-refractivity contribution < 1.29 is 14.8 Å². The van der Waals surface area contributed by atoms with Crippen molar-refractivity contribution in [2.24, 2.45) is 0 Å². The number of hydrogen-bond donors (Lipinski definition) is 1. The third-order valence-corrected chi connectivity index (χ3v) is 3.99. The lowest BCUT2D eigenvalue weighted by Gasteiger charge is -2.05. The van der Waals surface area contributed by atoms with E-state index in [4.69, 9.17) is 5.11 Å². The van der Waals surface area contributed by atoms with E-state index >= 15 is 0 Å². The van der Waals surface area contributed by atoms with Gasteiger partial charge in [-0.25, -0.2) is 4.79 Å². The molecule has 5 nitrogen and oxygen atoms in total. The molecule has 6 heteroatoms. The van der Waals surface area contributed by atoms with Gasteiger partial charge in [-0.15, -0.1) is 11.8 Å². The monoisotopic (exact) mass is 303 g/mol. The van der Waals surface area contributed by atoms with E-state index in [2.05, 4.69) is 0 Å². The summed E-state index contributed by atoms with van der Waals surface area (Å²) < 4.78 is 0. The SMILES string of the molecule is O=C(O)c1ccccc1SCCc1ccc([N+](=O)[O-])cc1. The first-order chi connectivity index (χ1) is 10.1. The van der Waals surface area contributed by atoms with E-state index in [0.717, 1.165) is 16.9 Å². The summed E-state index contributed by atoms with van der Waals surface area (Å²) in [6, 6.07) is 13.3. The minimum atomic E-state index is -0.937. The van der Waals surface area contributed by atoms with Gasteiger partial charge in [0.25, 0.3) is 5.69 Å². The fraction of sp³-hybridized carbons (Fsp3) is 0.133. The molecule has 2 rings (SSSR count). The van der Waals surface area contributed by atoms with E-state index in [1.54, 1.807) is 36.4 Å². The predicted octanol–water partition coefficient (Wildman–Crippen LogP) is 3.63. The molecule has 0 atom stereocenters. The average molecular weight is 303 g/mol. The van der Waals surface area contributed by atoms with Gasteiger partial charge >= 0.3 is 5.97 Å². The topological polar surface area (TPSA) is 80.4 Å². The number of benzene rings is 2.